The maximum atomic E-state index is 13.5. The van der Waals surface area contributed by atoms with Crippen LogP contribution in [0.4, 0.5) is 0 Å². The average Bonchev–Trinajstić information content (AvgIpc) is 3.29. The number of fused-ring (bicyclic) bond motifs is 1. The van der Waals surface area contributed by atoms with Crippen LogP contribution >= 0.6 is 28.6 Å². The molecule has 9 nitrogen and oxygen atoms in total. The fourth-order valence-electron chi connectivity index (χ4n) is 5.25. The van der Waals surface area contributed by atoms with Crippen molar-refractivity contribution in [1.82, 2.24) is 15.2 Å². The predicted octanol–water partition coefficient (Wildman–Crippen LogP) is 5.52. The Labute approximate surface area is 271 Å². The number of ether oxygens (including phenoxy) is 3. The Morgan fingerprint density at radius 1 is 0.977 bits per heavy atom. The normalized spacial score (nSPS) is 14.4. The highest BCUT2D eigenvalue weighted by Crippen LogP contribution is 2.31. The number of hydrogen-bond donors (Lipinski definition) is 2. The minimum absolute atomic E-state index is 0. The largest absolute Gasteiger partial charge is 0.497 e. The van der Waals surface area contributed by atoms with Gasteiger partial charge in [-0.1, -0.05) is 11.6 Å². The second-order valence-corrected chi connectivity index (χ2v) is 10.8. The molecule has 2 heterocycles. The highest BCUT2D eigenvalue weighted by Gasteiger charge is 2.23. The van der Waals surface area contributed by atoms with Crippen molar-refractivity contribution >= 4 is 57.3 Å². The van der Waals surface area contributed by atoms with Crippen LogP contribution in [0.15, 0.2) is 66.7 Å². The summed E-state index contributed by atoms with van der Waals surface area (Å²) >= 11 is 6.01. The third kappa shape index (κ3) is 7.80. The fourth-order valence-corrected chi connectivity index (χ4v) is 5.38. The summed E-state index contributed by atoms with van der Waals surface area (Å²) in [5.74, 6) is 0.390. The Morgan fingerprint density at radius 3 is 2.36 bits per heavy atom. The number of methoxy groups -OCH3 is 1. The molecule has 5 rings (SSSR count). The molecular weight excluding hydrogens is 650 g/mol. The first kappa shape index (κ1) is 33.0. The molecule has 0 radical (unpaired) electrons. The number of piperidine rings is 1. The lowest BCUT2D eigenvalue weighted by Gasteiger charge is -2.23. The van der Waals surface area contributed by atoms with Crippen molar-refractivity contribution in [2.24, 2.45) is 0 Å². The molecule has 1 atom stereocenters. The van der Waals surface area contributed by atoms with Gasteiger partial charge in [0.15, 0.2) is 0 Å². The van der Waals surface area contributed by atoms with E-state index < -0.39 is 5.97 Å². The van der Waals surface area contributed by atoms with E-state index in [1.165, 1.54) is 0 Å². The van der Waals surface area contributed by atoms with E-state index >= 15 is 0 Å². The second-order valence-electron chi connectivity index (χ2n) is 10.4. The van der Waals surface area contributed by atoms with Gasteiger partial charge in [0.05, 0.1) is 19.0 Å². The van der Waals surface area contributed by atoms with Crippen LogP contribution in [0.1, 0.15) is 44.8 Å². The maximum absolute atomic E-state index is 13.5. The van der Waals surface area contributed by atoms with Crippen LogP contribution in [0.5, 0.6) is 11.5 Å². The average molecular weight is 685 g/mol. The van der Waals surface area contributed by atoms with Crippen LogP contribution in [-0.4, -0.2) is 61.8 Å². The Hall–Kier alpha value is -3.86. The van der Waals surface area contributed by atoms with Gasteiger partial charge >= 0.3 is 5.97 Å². The molecule has 11 heteroatoms. The van der Waals surface area contributed by atoms with Gasteiger partial charge in [0.25, 0.3) is 11.8 Å². The number of carbonyl (C=O) groups is 3. The zero-order chi connectivity index (χ0) is 30.3. The number of nitrogens with zero attached hydrogens (tertiary/aromatic N) is 1. The minimum Gasteiger partial charge on any atom is -0.497 e. The van der Waals surface area contributed by atoms with Crippen molar-refractivity contribution in [3.8, 4) is 11.5 Å². The van der Waals surface area contributed by atoms with Crippen LogP contribution in [-0.2, 0) is 16.0 Å². The molecule has 1 aliphatic rings. The maximum Gasteiger partial charge on any atom is 0.310 e. The highest BCUT2D eigenvalue weighted by molar-refractivity contribution is 8.93. The van der Waals surface area contributed by atoms with E-state index in [0.717, 1.165) is 31.3 Å². The Balaban J connectivity index is 0.00000442. The number of aromatic nitrogens is 1. The van der Waals surface area contributed by atoms with E-state index in [0.29, 0.717) is 44.4 Å². The number of carbonyl (C=O) groups excluding carboxylic acids is 3. The van der Waals surface area contributed by atoms with Crippen LogP contribution in [0.2, 0.25) is 5.02 Å². The van der Waals surface area contributed by atoms with E-state index in [1.807, 2.05) is 13.0 Å². The summed E-state index contributed by atoms with van der Waals surface area (Å²) in [5, 5.41) is 7.60. The lowest BCUT2D eigenvalue weighted by Crippen LogP contribution is -2.45. The first-order valence-corrected chi connectivity index (χ1v) is 14.6. The van der Waals surface area contributed by atoms with E-state index in [2.05, 4.69) is 10.6 Å². The van der Waals surface area contributed by atoms with Crippen LogP contribution in [0, 0.1) is 6.92 Å². The molecule has 4 aromatic rings. The minimum atomic E-state index is -0.447. The Bertz CT molecular complexity index is 1620. The fraction of sp³-hybridized carbons (Fsp3) is 0.303. The van der Waals surface area contributed by atoms with Gasteiger partial charge in [0.2, 0.25) is 0 Å². The molecule has 232 valence electrons. The van der Waals surface area contributed by atoms with Gasteiger partial charge in [-0.2, -0.15) is 0 Å². The molecule has 0 saturated carbocycles. The summed E-state index contributed by atoms with van der Waals surface area (Å²) in [4.78, 5) is 38.9. The van der Waals surface area contributed by atoms with Crippen molar-refractivity contribution in [3.05, 3.63) is 94.1 Å². The summed E-state index contributed by atoms with van der Waals surface area (Å²) in [7, 11) is 1.56. The zero-order valence-electron chi connectivity index (χ0n) is 24.6. The molecule has 3 aromatic carbocycles. The molecule has 1 fully saturated rings. The van der Waals surface area contributed by atoms with E-state index in [-0.39, 0.29) is 54.5 Å². The monoisotopic (exact) mass is 683 g/mol. The molecule has 2 N–H and O–H groups in total. The molecule has 1 saturated heterocycles. The van der Waals surface area contributed by atoms with Crippen molar-refractivity contribution in [1.29, 1.82) is 0 Å². The molecule has 1 aliphatic heterocycles. The molecular formula is C33H35BrClN3O6. The summed E-state index contributed by atoms with van der Waals surface area (Å²) in [6.07, 6.45) is 1.98. The van der Waals surface area contributed by atoms with Gasteiger partial charge < -0.3 is 24.8 Å². The van der Waals surface area contributed by atoms with Gasteiger partial charge in [0, 0.05) is 39.8 Å². The molecule has 0 bridgehead atoms. The van der Waals surface area contributed by atoms with Crippen LogP contribution in [0.3, 0.4) is 0 Å². The van der Waals surface area contributed by atoms with E-state index in [4.69, 9.17) is 25.8 Å². The lowest BCUT2D eigenvalue weighted by atomic mass is 10.1. The zero-order valence-corrected chi connectivity index (χ0v) is 27.0. The van der Waals surface area contributed by atoms with Gasteiger partial charge in [-0.15, -0.1) is 17.0 Å². The van der Waals surface area contributed by atoms with Gasteiger partial charge in [-0.25, -0.2) is 0 Å². The molecule has 1 unspecified atom stereocenters. The number of benzene rings is 3. The summed E-state index contributed by atoms with van der Waals surface area (Å²) in [5.41, 5.74) is 3.02. The molecule has 1 aromatic heterocycles. The van der Waals surface area contributed by atoms with Crippen molar-refractivity contribution in [2.45, 2.75) is 32.2 Å². The summed E-state index contributed by atoms with van der Waals surface area (Å²) in [6.45, 7) is 3.76. The molecule has 1 amide bonds. The van der Waals surface area contributed by atoms with Crippen molar-refractivity contribution < 1.29 is 28.6 Å². The van der Waals surface area contributed by atoms with Crippen LogP contribution in [0.25, 0.3) is 10.9 Å². The number of halogens is 2. The van der Waals surface area contributed by atoms with E-state index in [9.17, 15) is 14.4 Å². The third-order valence-corrected chi connectivity index (χ3v) is 7.77. The summed E-state index contributed by atoms with van der Waals surface area (Å²) in [6, 6.07) is 19.1. The number of amides is 1. The first-order valence-electron chi connectivity index (χ1n) is 14.2. The van der Waals surface area contributed by atoms with Crippen molar-refractivity contribution in [2.75, 3.05) is 33.4 Å². The van der Waals surface area contributed by atoms with Crippen molar-refractivity contribution in [3.63, 3.8) is 0 Å². The van der Waals surface area contributed by atoms with Gasteiger partial charge in [-0.05, 0) is 98.6 Å². The Morgan fingerprint density at radius 2 is 1.68 bits per heavy atom. The third-order valence-electron chi connectivity index (χ3n) is 7.52. The molecule has 0 aliphatic carbocycles. The topological polar surface area (TPSA) is 108 Å². The number of rotatable bonds is 10. The van der Waals surface area contributed by atoms with E-state index in [1.54, 1.807) is 72.3 Å². The predicted molar refractivity (Wildman–Crippen MR) is 175 cm³/mol. The van der Waals surface area contributed by atoms with Gasteiger partial charge in [-0.3, -0.25) is 19.0 Å². The highest BCUT2D eigenvalue weighted by atomic mass is 79.9. The van der Waals surface area contributed by atoms with Crippen LogP contribution < -0.4 is 20.1 Å². The molecule has 44 heavy (non-hydrogen) atoms. The summed E-state index contributed by atoms with van der Waals surface area (Å²) < 4.78 is 18.2. The second kappa shape index (κ2) is 15.2. The van der Waals surface area contributed by atoms with Gasteiger partial charge in [0.1, 0.15) is 24.7 Å². The Kier molecular flexibility index (Phi) is 11.4. The quantitative estimate of drug-likeness (QED) is 0.167. The SMILES string of the molecule is Br.COc1ccc2c(c1)c(CC(=O)OCCOc1ccc(C(=O)NC3CCCNC3)cc1)c(C)n2C(=O)c1ccc(Cl)cc1. The molecule has 0 spiro atoms. The number of hydrogen-bond acceptors (Lipinski definition) is 7. The number of nitrogens with one attached hydrogen (secondary N) is 2. The number of esters is 1. The smallest absolute Gasteiger partial charge is 0.310 e. The standard InChI is InChI=1S/C33H34ClN3O6.BrH/c1-21-28(29-18-27(41-2)13-14-30(29)37(21)33(40)23-5-9-24(34)10-6-23)19-31(38)43-17-16-42-26-11-7-22(8-12-26)32(39)36-25-4-3-15-35-20-25;/h5-14,18,25,35H,3-4,15-17,19-20H2,1-2H3,(H,36,39);1H. The first-order chi connectivity index (χ1) is 20.8. The lowest BCUT2D eigenvalue weighted by molar-refractivity contribution is -0.143.